The third-order valence-corrected chi connectivity index (χ3v) is 4.85. The lowest BCUT2D eigenvalue weighted by molar-refractivity contribution is -0.192. The fourth-order valence-electron chi connectivity index (χ4n) is 2.92. The van der Waals surface area contributed by atoms with Crippen LogP contribution in [0.25, 0.3) is 16.8 Å². The van der Waals surface area contributed by atoms with E-state index in [0.29, 0.717) is 5.69 Å². The van der Waals surface area contributed by atoms with Crippen molar-refractivity contribution in [3.05, 3.63) is 92.4 Å². The molecule has 0 unspecified atom stereocenters. The second-order valence-electron chi connectivity index (χ2n) is 6.82. The van der Waals surface area contributed by atoms with E-state index in [-0.39, 0.29) is 28.2 Å². The number of carbonyl (C=O) groups is 1. The SMILES string of the molecule is O=C(O)C(F)(F)F.O=c1c(-c2ccncn2)cn2ccn(Cc3cccc(Cl)c3F)c(=O)c2c1O. The zero-order valence-corrected chi connectivity index (χ0v) is 18.0. The van der Waals surface area contributed by atoms with Crippen molar-refractivity contribution >= 4 is 23.1 Å². The van der Waals surface area contributed by atoms with Crippen LogP contribution in [0.4, 0.5) is 17.6 Å². The van der Waals surface area contributed by atoms with Crippen LogP contribution in [0.5, 0.6) is 5.75 Å². The van der Waals surface area contributed by atoms with Crippen molar-refractivity contribution in [2.45, 2.75) is 12.7 Å². The van der Waals surface area contributed by atoms with Gasteiger partial charge in [0.05, 0.1) is 22.8 Å². The summed E-state index contributed by atoms with van der Waals surface area (Å²) in [6.45, 7) is -0.108. The molecule has 3 aromatic heterocycles. The summed E-state index contributed by atoms with van der Waals surface area (Å²) in [5.74, 6) is -4.09. The molecule has 4 rings (SSSR count). The van der Waals surface area contributed by atoms with Crippen LogP contribution in [0.3, 0.4) is 0 Å². The van der Waals surface area contributed by atoms with Crippen LogP contribution in [-0.2, 0) is 11.3 Å². The largest absolute Gasteiger partial charge is 0.503 e. The van der Waals surface area contributed by atoms with Gasteiger partial charge in [-0.15, -0.1) is 0 Å². The van der Waals surface area contributed by atoms with Crippen LogP contribution >= 0.6 is 11.6 Å². The topological polar surface area (TPSA) is 127 Å². The third kappa shape index (κ3) is 5.46. The molecule has 0 amide bonds. The van der Waals surface area contributed by atoms with Crippen molar-refractivity contribution in [3.8, 4) is 17.0 Å². The molecule has 0 aliphatic carbocycles. The molecule has 0 aliphatic heterocycles. The van der Waals surface area contributed by atoms with Gasteiger partial charge in [0.1, 0.15) is 12.1 Å². The number of alkyl halides is 3. The lowest BCUT2D eigenvalue weighted by Gasteiger charge is -2.11. The van der Waals surface area contributed by atoms with Gasteiger partial charge in [-0.25, -0.2) is 19.2 Å². The van der Waals surface area contributed by atoms with E-state index in [1.807, 2.05) is 0 Å². The van der Waals surface area contributed by atoms with E-state index in [0.717, 1.165) is 0 Å². The summed E-state index contributed by atoms with van der Waals surface area (Å²) < 4.78 is 48.4. The summed E-state index contributed by atoms with van der Waals surface area (Å²) in [6.07, 6.45) is 1.99. The van der Waals surface area contributed by atoms with Gasteiger partial charge in [-0.05, 0) is 12.1 Å². The minimum Gasteiger partial charge on any atom is -0.503 e. The highest BCUT2D eigenvalue weighted by atomic mass is 35.5. The van der Waals surface area contributed by atoms with E-state index >= 15 is 0 Å². The highest BCUT2D eigenvalue weighted by Gasteiger charge is 2.38. The third-order valence-electron chi connectivity index (χ3n) is 4.55. The van der Waals surface area contributed by atoms with Gasteiger partial charge in [0.2, 0.25) is 5.43 Å². The predicted octanol–water partition coefficient (Wildman–Crippen LogP) is 3.10. The van der Waals surface area contributed by atoms with Gasteiger partial charge in [-0.1, -0.05) is 23.7 Å². The number of aromatic hydroxyl groups is 1. The molecule has 0 saturated heterocycles. The van der Waals surface area contributed by atoms with Gasteiger partial charge < -0.3 is 19.2 Å². The van der Waals surface area contributed by atoms with Crippen molar-refractivity contribution < 1.29 is 32.6 Å². The first-order valence-electron chi connectivity index (χ1n) is 9.38. The molecule has 0 bridgehead atoms. The Labute approximate surface area is 197 Å². The summed E-state index contributed by atoms with van der Waals surface area (Å²) in [4.78, 5) is 42.0. The minimum atomic E-state index is -5.08. The first-order chi connectivity index (χ1) is 16.4. The van der Waals surface area contributed by atoms with E-state index in [9.17, 15) is 32.3 Å². The maximum Gasteiger partial charge on any atom is 0.490 e. The van der Waals surface area contributed by atoms with Crippen LogP contribution in [-0.4, -0.2) is 41.3 Å². The second-order valence-corrected chi connectivity index (χ2v) is 7.23. The lowest BCUT2D eigenvalue weighted by atomic mass is 10.1. The average molecular weight is 513 g/mol. The van der Waals surface area contributed by atoms with Gasteiger partial charge >= 0.3 is 12.1 Å². The van der Waals surface area contributed by atoms with Gasteiger partial charge in [-0.2, -0.15) is 13.2 Å². The Balaban J connectivity index is 0.000000429. The second kappa shape index (κ2) is 9.93. The molecule has 0 spiro atoms. The Morgan fingerprint density at radius 2 is 1.83 bits per heavy atom. The molecule has 2 N–H and O–H groups in total. The Morgan fingerprint density at radius 3 is 2.43 bits per heavy atom. The molecule has 0 fully saturated rings. The van der Waals surface area contributed by atoms with E-state index < -0.39 is 34.7 Å². The maximum atomic E-state index is 14.2. The Bertz CT molecular complexity index is 1520. The number of hydrogen-bond acceptors (Lipinski definition) is 6. The number of fused-ring (bicyclic) bond motifs is 1. The smallest absolute Gasteiger partial charge is 0.490 e. The van der Waals surface area contributed by atoms with Crippen LogP contribution in [0, 0.1) is 5.82 Å². The molecule has 0 aliphatic rings. The van der Waals surface area contributed by atoms with Gasteiger partial charge in [0, 0.05) is 30.4 Å². The molecule has 0 radical (unpaired) electrons. The summed E-state index contributed by atoms with van der Waals surface area (Å²) >= 11 is 5.78. The van der Waals surface area contributed by atoms with E-state index in [1.54, 1.807) is 6.07 Å². The van der Waals surface area contributed by atoms with Gasteiger partial charge in [-0.3, -0.25) is 9.59 Å². The molecule has 9 nitrogen and oxygen atoms in total. The highest BCUT2D eigenvalue weighted by molar-refractivity contribution is 6.30. The number of hydrogen-bond donors (Lipinski definition) is 2. The number of nitrogens with zero attached hydrogens (tertiary/aromatic N) is 4. The van der Waals surface area contributed by atoms with Gasteiger partial charge in [0.25, 0.3) is 5.56 Å². The average Bonchev–Trinajstić information content (AvgIpc) is 2.81. The van der Waals surface area contributed by atoms with Crippen LogP contribution < -0.4 is 11.0 Å². The molecule has 14 heteroatoms. The molecule has 4 aromatic rings. The molecule has 3 heterocycles. The van der Waals surface area contributed by atoms with Crippen molar-refractivity contribution in [1.29, 1.82) is 0 Å². The lowest BCUT2D eigenvalue weighted by Crippen LogP contribution is -2.25. The quantitative estimate of drug-likeness (QED) is 0.404. The van der Waals surface area contributed by atoms with E-state index in [2.05, 4.69) is 9.97 Å². The monoisotopic (exact) mass is 512 g/mol. The summed E-state index contributed by atoms with van der Waals surface area (Å²) in [5.41, 5.74) is -0.954. The van der Waals surface area contributed by atoms with Crippen molar-refractivity contribution in [2.75, 3.05) is 0 Å². The van der Waals surface area contributed by atoms with Crippen molar-refractivity contribution in [2.24, 2.45) is 0 Å². The first kappa shape index (κ1) is 25.4. The number of carboxylic acid groups (broad SMARTS) is 1. The number of carboxylic acids is 1. The zero-order chi connectivity index (χ0) is 25.9. The Kier molecular flexibility index (Phi) is 7.20. The number of halogens is 5. The van der Waals surface area contributed by atoms with E-state index in [4.69, 9.17) is 21.5 Å². The van der Waals surface area contributed by atoms with Crippen molar-refractivity contribution in [1.82, 2.24) is 18.9 Å². The van der Waals surface area contributed by atoms with Crippen molar-refractivity contribution in [3.63, 3.8) is 0 Å². The van der Waals surface area contributed by atoms with Crippen LogP contribution in [0.2, 0.25) is 5.02 Å². The molecule has 0 saturated carbocycles. The summed E-state index contributed by atoms with van der Waals surface area (Å²) in [6, 6.07) is 6.00. The Morgan fingerprint density at radius 1 is 1.14 bits per heavy atom. The number of aromatic nitrogens is 4. The highest BCUT2D eigenvalue weighted by Crippen LogP contribution is 2.20. The fourth-order valence-corrected chi connectivity index (χ4v) is 3.11. The minimum absolute atomic E-state index is 0.0557. The van der Waals surface area contributed by atoms with Crippen LogP contribution in [0.1, 0.15) is 5.56 Å². The summed E-state index contributed by atoms with van der Waals surface area (Å²) in [7, 11) is 0. The summed E-state index contributed by atoms with van der Waals surface area (Å²) in [5, 5.41) is 17.5. The van der Waals surface area contributed by atoms with E-state index in [1.165, 1.54) is 58.3 Å². The standard InChI is InChI=1S/C19H12ClFN4O3.C2HF3O2/c20-13-3-1-2-11(15(13)21)8-25-7-6-24-9-12(14-4-5-22-10-23-14)17(26)18(27)16(24)19(25)28;3-2(4,5)1(6)7/h1-7,9-10,27H,8H2;(H,6,7). The molecule has 0 atom stereocenters. The fraction of sp³-hybridized carbons (Fsp3) is 0.0952. The Hall–Kier alpha value is -4.26. The number of rotatable bonds is 3. The normalized spacial score (nSPS) is 11.1. The molecule has 1 aromatic carbocycles. The molecule has 182 valence electrons. The molecule has 35 heavy (non-hydrogen) atoms. The molecular weight excluding hydrogens is 500 g/mol. The van der Waals surface area contributed by atoms with Crippen LogP contribution in [0.15, 0.2) is 65.0 Å². The number of benzene rings is 1. The first-order valence-corrected chi connectivity index (χ1v) is 9.76. The maximum absolute atomic E-state index is 14.2. The molecular formula is C21H13ClF4N4O5. The predicted molar refractivity (Wildman–Crippen MR) is 115 cm³/mol. The number of aliphatic carboxylic acids is 1. The number of pyridine rings is 1. The zero-order valence-electron chi connectivity index (χ0n) is 17.2. The van der Waals surface area contributed by atoms with Gasteiger partial charge in [0.15, 0.2) is 11.3 Å².